The van der Waals surface area contributed by atoms with Crippen LogP contribution in [0, 0.1) is 10.1 Å². The fourth-order valence-electron chi connectivity index (χ4n) is 1.60. The average Bonchev–Trinajstić information content (AvgIpc) is 2.46. The predicted molar refractivity (Wildman–Crippen MR) is 75.8 cm³/mol. The summed E-state index contributed by atoms with van der Waals surface area (Å²) in [7, 11) is 0. The first-order valence-electron chi connectivity index (χ1n) is 5.84. The molecule has 0 unspecified atom stereocenters. The molecule has 7 heteroatoms. The molecule has 0 saturated heterocycles. The van der Waals surface area contributed by atoms with E-state index in [1.165, 1.54) is 12.1 Å². The van der Waals surface area contributed by atoms with Gasteiger partial charge in [0.05, 0.1) is 11.0 Å². The lowest BCUT2D eigenvalue weighted by Crippen LogP contribution is -2.12. The number of hydrogen-bond donors (Lipinski definition) is 2. The van der Waals surface area contributed by atoms with Gasteiger partial charge in [0, 0.05) is 17.6 Å². The molecule has 2 aromatic rings. The van der Waals surface area contributed by atoms with E-state index in [2.05, 4.69) is 10.3 Å². The van der Waals surface area contributed by atoms with Crippen LogP contribution in [0.2, 0.25) is 5.02 Å². The molecule has 1 aromatic heterocycles. The standard InChI is InChI=1S/C13H12ClN3O3/c14-10-3-1-9(2-4-10)12(18)8-16-13-6-5-11(7-15-13)17(19)20/h1-7,12,18H,8H2,(H,15,16)/t12-/m0/s1. The second kappa shape index (κ2) is 6.31. The van der Waals surface area contributed by atoms with Crippen molar-refractivity contribution in [2.75, 3.05) is 11.9 Å². The van der Waals surface area contributed by atoms with E-state index in [1.807, 2.05) is 0 Å². The number of aliphatic hydroxyl groups is 1. The number of aliphatic hydroxyl groups excluding tert-OH is 1. The van der Waals surface area contributed by atoms with Crippen molar-refractivity contribution in [3.05, 3.63) is 63.3 Å². The number of halogens is 1. The summed E-state index contributed by atoms with van der Waals surface area (Å²) in [4.78, 5) is 13.9. The lowest BCUT2D eigenvalue weighted by atomic mass is 10.1. The van der Waals surface area contributed by atoms with E-state index in [0.29, 0.717) is 10.8 Å². The molecule has 0 saturated carbocycles. The number of anilines is 1. The molecule has 0 aliphatic heterocycles. The maximum Gasteiger partial charge on any atom is 0.287 e. The molecule has 1 heterocycles. The molecule has 0 spiro atoms. The highest BCUT2D eigenvalue weighted by molar-refractivity contribution is 6.30. The number of nitrogens with one attached hydrogen (secondary N) is 1. The van der Waals surface area contributed by atoms with Gasteiger partial charge in [0.15, 0.2) is 0 Å². The van der Waals surface area contributed by atoms with E-state index < -0.39 is 11.0 Å². The Morgan fingerprint density at radius 1 is 1.30 bits per heavy atom. The van der Waals surface area contributed by atoms with Crippen molar-refractivity contribution in [1.82, 2.24) is 4.98 Å². The maximum atomic E-state index is 10.5. The molecule has 0 radical (unpaired) electrons. The monoisotopic (exact) mass is 293 g/mol. The summed E-state index contributed by atoms with van der Waals surface area (Å²) >= 11 is 5.77. The van der Waals surface area contributed by atoms with Crippen molar-refractivity contribution >= 4 is 23.1 Å². The second-order valence-electron chi connectivity index (χ2n) is 4.11. The Bertz CT molecular complexity index is 587. The Morgan fingerprint density at radius 2 is 2.00 bits per heavy atom. The fraction of sp³-hybridized carbons (Fsp3) is 0.154. The van der Waals surface area contributed by atoms with Crippen LogP contribution in [0.15, 0.2) is 42.6 Å². The molecule has 0 aliphatic carbocycles. The first-order chi connectivity index (χ1) is 9.56. The Kier molecular flexibility index (Phi) is 4.49. The molecular formula is C13H12ClN3O3. The molecule has 1 aromatic carbocycles. The van der Waals surface area contributed by atoms with Gasteiger partial charge in [0.1, 0.15) is 12.0 Å². The summed E-state index contributed by atoms with van der Waals surface area (Å²) in [5, 5.41) is 24.0. The van der Waals surface area contributed by atoms with Crippen LogP contribution in [0.25, 0.3) is 0 Å². The maximum absolute atomic E-state index is 10.5. The number of pyridine rings is 1. The van der Waals surface area contributed by atoms with Gasteiger partial charge in [-0.15, -0.1) is 0 Å². The smallest absolute Gasteiger partial charge is 0.287 e. The fourth-order valence-corrected chi connectivity index (χ4v) is 1.73. The SMILES string of the molecule is O=[N+]([O-])c1ccc(NC[C@H](O)c2ccc(Cl)cc2)nc1. The zero-order chi connectivity index (χ0) is 14.5. The Labute approximate surface area is 120 Å². The zero-order valence-electron chi connectivity index (χ0n) is 10.4. The van der Waals surface area contributed by atoms with Crippen LogP contribution in [-0.4, -0.2) is 21.6 Å². The zero-order valence-corrected chi connectivity index (χ0v) is 11.1. The molecule has 20 heavy (non-hydrogen) atoms. The first kappa shape index (κ1) is 14.2. The Morgan fingerprint density at radius 3 is 2.55 bits per heavy atom. The van der Waals surface area contributed by atoms with Gasteiger partial charge in [-0.25, -0.2) is 4.98 Å². The van der Waals surface area contributed by atoms with Crippen LogP contribution in [0.4, 0.5) is 11.5 Å². The number of rotatable bonds is 5. The summed E-state index contributed by atoms with van der Waals surface area (Å²) < 4.78 is 0. The second-order valence-corrected chi connectivity index (χ2v) is 4.54. The van der Waals surface area contributed by atoms with Gasteiger partial charge in [-0.2, -0.15) is 0 Å². The van der Waals surface area contributed by atoms with E-state index >= 15 is 0 Å². The van der Waals surface area contributed by atoms with Crippen LogP contribution in [0.1, 0.15) is 11.7 Å². The van der Waals surface area contributed by atoms with Crippen molar-refractivity contribution < 1.29 is 10.0 Å². The van der Waals surface area contributed by atoms with Crippen molar-refractivity contribution in [2.45, 2.75) is 6.10 Å². The van der Waals surface area contributed by atoms with Gasteiger partial charge in [0.2, 0.25) is 0 Å². The minimum Gasteiger partial charge on any atom is -0.387 e. The van der Waals surface area contributed by atoms with Crippen LogP contribution < -0.4 is 5.32 Å². The first-order valence-corrected chi connectivity index (χ1v) is 6.22. The van der Waals surface area contributed by atoms with Crippen molar-refractivity contribution in [2.24, 2.45) is 0 Å². The summed E-state index contributed by atoms with van der Waals surface area (Å²) in [6, 6.07) is 9.71. The minimum atomic E-state index is -0.718. The quantitative estimate of drug-likeness (QED) is 0.653. The number of aromatic nitrogens is 1. The van der Waals surface area contributed by atoms with E-state index in [9.17, 15) is 15.2 Å². The number of hydrogen-bond acceptors (Lipinski definition) is 5. The molecule has 1 atom stereocenters. The van der Waals surface area contributed by atoms with Crippen molar-refractivity contribution in [1.29, 1.82) is 0 Å². The highest BCUT2D eigenvalue weighted by Crippen LogP contribution is 2.17. The number of benzene rings is 1. The largest absolute Gasteiger partial charge is 0.387 e. The summed E-state index contributed by atoms with van der Waals surface area (Å²) in [5.41, 5.74) is 0.651. The topological polar surface area (TPSA) is 88.3 Å². The molecule has 0 amide bonds. The lowest BCUT2D eigenvalue weighted by molar-refractivity contribution is -0.385. The normalized spacial score (nSPS) is 11.9. The predicted octanol–water partition coefficient (Wildman–Crippen LogP) is 2.79. The van der Waals surface area contributed by atoms with Crippen LogP contribution >= 0.6 is 11.6 Å². The molecule has 104 valence electrons. The van der Waals surface area contributed by atoms with E-state index in [0.717, 1.165) is 11.8 Å². The van der Waals surface area contributed by atoms with Gasteiger partial charge < -0.3 is 10.4 Å². The van der Waals surface area contributed by atoms with Crippen LogP contribution in [0.3, 0.4) is 0 Å². The highest BCUT2D eigenvalue weighted by Gasteiger charge is 2.09. The third-order valence-electron chi connectivity index (χ3n) is 2.69. The molecule has 2 N–H and O–H groups in total. The van der Waals surface area contributed by atoms with Gasteiger partial charge in [-0.1, -0.05) is 23.7 Å². The van der Waals surface area contributed by atoms with Crippen LogP contribution in [-0.2, 0) is 0 Å². The summed E-state index contributed by atoms with van der Waals surface area (Å²) in [6.45, 7) is 0.243. The van der Waals surface area contributed by atoms with Crippen molar-refractivity contribution in [3.8, 4) is 0 Å². The van der Waals surface area contributed by atoms with Gasteiger partial charge >= 0.3 is 0 Å². The molecule has 6 nitrogen and oxygen atoms in total. The van der Waals surface area contributed by atoms with E-state index in [1.54, 1.807) is 24.3 Å². The molecule has 0 bridgehead atoms. The van der Waals surface area contributed by atoms with E-state index in [4.69, 9.17) is 11.6 Å². The Balaban J connectivity index is 1.94. The third-order valence-corrected chi connectivity index (χ3v) is 2.94. The molecule has 0 aliphatic rings. The van der Waals surface area contributed by atoms with Crippen molar-refractivity contribution in [3.63, 3.8) is 0 Å². The number of nitrogens with zero attached hydrogens (tertiary/aromatic N) is 2. The van der Waals surface area contributed by atoms with E-state index in [-0.39, 0.29) is 12.2 Å². The lowest BCUT2D eigenvalue weighted by Gasteiger charge is -2.12. The van der Waals surface area contributed by atoms with Gasteiger partial charge in [-0.3, -0.25) is 10.1 Å². The van der Waals surface area contributed by atoms with Gasteiger partial charge in [-0.05, 0) is 23.8 Å². The molecule has 2 rings (SSSR count). The molecular weight excluding hydrogens is 282 g/mol. The average molecular weight is 294 g/mol. The van der Waals surface area contributed by atoms with Crippen LogP contribution in [0.5, 0.6) is 0 Å². The third kappa shape index (κ3) is 3.66. The minimum absolute atomic E-state index is 0.0752. The summed E-state index contributed by atoms with van der Waals surface area (Å²) in [5.74, 6) is 0.462. The molecule has 0 fully saturated rings. The van der Waals surface area contributed by atoms with Gasteiger partial charge in [0.25, 0.3) is 5.69 Å². The Hall–Kier alpha value is -2.18. The summed E-state index contributed by atoms with van der Waals surface area (Å²) in [6.07, 6.45) is 0.445. The number of nitro groups is 1. The highest BCUT2D eigenvalue weighted by atomic mass is 35.5.